The summed E-state index contributed by atoms with van der Waals surface area (Å²) in [5.74, 6) is 0.145. The van der Waals surface area contributed by atoms with Crippen LogP contribution in [0.25, 0.3) is 0 Å². The molecule has 0 spiro atoms. The monoisotopic (exact) mass is 448 g/mol. The molecule has 10 heteroatoms. The van der Waals surface area contributed by atoms with Crippen molar-refractivity contribution in [3.63, 3.8) is 0 Å². The van der Waals surface area contributed by atoms with Crippen LogP contribution in [0.5, 0.6) is 0 Å². The molecule has 0 aromatic heterocycles. The molecule has 3 heterocycles. The Morgan fingerprint density at radius 2 is 1.81 bits per heavy atom. The Labute approximate surface area is 181 Å². The number of nitrogens with one attached hydrogen (secondary N) is 1. The Bertz CT molecular complexity index is 440. The number of halogens is 3. The number of carbonyl (C=O) groups is 1. The van der Waals surface area contributed by atoms with E-state index in [-0.39, 0.29) is 61.4 Å². The van der Waals surface area contributed by atoms with E-state index in [0.717, 1.165) is 52.4 Å². The Hall–Kier alpha value is 0.140. The van der Waals surface area contributed by atoms with Crippen molar-refractivity contribution in [1.82, 2.24) is 20.0 Å². The molecule has 0 saturated carbocycles. The van der Waals surface area contributed by atoms with Gasteiger partial charge < -0.3 is 20.1 Å². The molecule has 0 radical (unpaired) electrons. The second-order valence-electron chi connectivity index (χ2n) is 7.56. The summed E-state index contributed by atoms with van der Waals surface area (Å²) in [4.78, 5) is 19.3. The molecule has 1 amide bonds. The van der Waals surface area contributed by atoms with Crippen LogP contribution in [-0.4, -0.2) is 109 Å². The van der Waals surface area contributed by atoms with Crippen molar-refractivity contribution in [2.75, 3.05) is 59.0 Å². The zero-order chi connectivity index (χ0) is 17.1. The fraction of sp³-hybridized carbons (Fsp3) is 0.941. The fourth-order valence-electron chi connectivity index (χ4n) is 3.89. The van der Waals surface area contributed by atoms with Crippen molar-refractivity contribution in [2.24, 2.45) is 0 Å². The number of β-amino-alcohol motifs (C(OH)–C–C–N with tert-alkyl or cyclic N) is 1. The minimum absolute atomic E-state index is 0. The van der Waals surface area contributed by atoms with Gasteiger partial charge in [-0.1, -0.05) is 0 Å². The highest BCUT2D eigenvalue weighted by Gasteiger charge is 2.33. The van der Waals surface area contributed by atoms with Crippen LogP contribution in [0, 0.1) is 0 Å². The zero-order valence-corrected chi connectivity index (χ0v) is 18.7. The number of rotatable bonds is 4. The summed E-state index contributed by atoms with van der Waals surface area (Å²) in [6, 6.07) is 0.368. The second-order valence-corrected chi connectivity index (χ2v) is 7.56. The summed E-state index contributed by atoms with van der Waals surface area (Å²) in [5.41, 5.74) is 0. The van der Waals surface area contributed by atoms with E-state index < -0.39 is 0 Å². The van der Waals surface area contributed by atoms with Crippen LogP contribution in [-0.2, 0) is 9.53 Å². The molecule has 3 aliphatic heterocycles. The van der Waals surface area contributed by atoms with Crippen LogP contribution in [0.3, 0.4) is 0 Å². The van der Waals surface area contributed by atoms with Crippen molar-refractivity contribution >= 4 is 43.1 Å². The van der Waals surface area contributed by atoms with Crippen LogP contribution < -0.4 is 5.32 Å². The van der Waals surface area contributed by atoms with Gasteiger partial charge in [-0.15, -0.1) is 37.2 Å². The van der Waals surface area contributed by atoms with Crippen LogP contribution in [0.4, 0.5) is 0 Å². The average Bonchev–Trinajstić information content (AvgIpc) is 3.01. The van der Waals surface area contributed by atoms with Gasteiger partial charge in [-0.25, -0.2) is 0 Å². The molecule has 0 aromatic rings. The standard InChI is InChI=1S/C17H32N4O3.3ClH/c1-13(2)21-7-8-24-15(12-21)11-19-3-5-20(6-4-19)17(23)16-9-14(22)10-18-16;;;/h13-16,18,22H,3-12H2,1-2H3;3*1H. The summed E-state index contributed by atoms with van der Waals surface area (Å²) >= 11 is 0. The molecule has 3 unspecified atom stereocenters. The fourth-order valence-corrected chi connectivity index (χ4v) is 3.89. The summed E-state index contributed by atoms with van der Waals surface area (Å²) in [6.07, 6.45) is 0.433. The minimum atomic E-state index is -0.382. The van der Waals surface area contributed by atoms with Gasteiger partial charge >= 0.3 is 0 Å². The van der Waals surface area contributed by atoms with Crippen LogP contribution in [0.2, 0.25) is 0 Å². The molecule has 3 fully saturated rings. The summed E-state index contributed by atoms with van der Waals surface area (Å²) in [7, 11) is 0. The number of amides is 1. The SMILES string of the molecule is CC(C)N1CCOC(CN2CCN(C(=O)C3CC(O)CN3)CC2)C1.Cl.Cl.Cl. The number of aliphatic hydroxyl groups excluding tert-OH is 1. The highest BCUT2D eigenvalue weighted by Crippen LogP contribution is 2.14. The summed E-state index contributed by atoms with van der Waals surface area (Å²) in [6.45, 7) is 12.1. The van der Waals surface area contributed by atoms with Gasteiger partial charge in [0.05, 0.1) is 24.9 Å². The molecule has 3 atom stereocenters. The number of hydrogen-bond acceptors (Lipinski definition) is 6. The zero-order valence-electron chi connectivity index (χ0n) is 16.2. The van der Waals surface area contributed by atoms with E-state index in [2.05, 4.69) is 29.0 Å². The first-order chi connectivity index (χ1) is 11.5. The molecule has 0 bridgehead atoms. The molecule has 3 rings (SSSR count). The Balaban J connectivity index is 0.00000225. The lowest BCUT2D eigenvalue weighted by Gasteiger charge is -2.40. The van der Waals surface area contributed by atoms with Gasteiger partial charge in [-0.05, 0) is 20.3 Å². The van der Waals surface area contributed by atoms with Crippen molar-refractivity contribution < 1.29 is 14.6 Å². The van der Waals surface area contributed by atoms with Gasteiger partial charge in [-0.2, -0.15) is 0 Å². The van der Waals surface area contributed by atoms with E-state index in [9.17, 15) is 9.90 Å². The van der Waals surface area contributed by atoms with Crippen molar-refractivity contribution in [3.8, 4) is 0 Å². The van der Waals surface area contributed by atoms with Crippen molar-refractivity contribution in [3.05, 3.63) is 0 Å². The van der Waals surface area contributed by atoms with E-state index in [1.807, 2.05) is 4.90 Å². The largest absolute Gasteiger partial charge is 0.392 e. The van der Waals surface area contributed by atoms with Gasteiger partial charge in [0.2, 0.25) is 5.91 Å². The molecule has 3 aliphatic rings. The number of piperazine rings is 1. The molecule has 27 heavy (non-hydrogen) atoms. The number of ether oxygens (including phenoxy) is 1. The lowest BCUT2D eigenvalue weighted by molar-refractivity contribution is -0.135. The average molecular weight is 450 g/mol. The molecule has 0 aromatic carbocycles. The third kappa shape index (κ3) is 7.48. The molecular weight excluding hydrogens is 415 g/mol. The molecular formula is C17H35Cl3N4O3. The van der Waals surface area contributed by atoms with E-state index >= 15 is 0 Å². The van der Waals surface area contributed by atoms with Gasteiger partial charge in [0.15, 0.2) is 0 Å². The van der Waals surface area contributed by atoms with Gasteiger partial charge in [0, 0.05) is 58.4 Å². The molecule has 2 N–H and O–H groups in total. The van der Waals surface area contributed by atoms with Crippen molar-refractivity contribution in [1.29, 1.82) is 0 Å². The third-order valence-corrected chi connectivity index (χ3v) is 5.45. The Kier molecular flexibility index (Phi) is 12.7. The maximum atomic E-state index is 12.5. The first-order valence-corrected chi connectivity index (χ1v) is 9.31. The quantitative estimate of drug-likeness (QED) is 0.640. The Morgan fingerprint density at radius 3 is 2.37 bits per heavy atom. The maximum absolute atomic E-state index is 12.5. The number of morpholine rings is 1. The normalized spacial score (nSPS) is 29.6. The van der Waals surface area contributed by atoms with Crippen LogP contribution >= 0.6 is 37.2 Å². The van der Waals surface area contributed by atoms with Crippen LogP contribution in [0.1, 0.15) is 20.3 Å². The van der Waals surface area contributed by atoms with E-state index in [4.69, 9.17) is 4.74 Å². The van der Waals surface area contributed by atoms with E-state index in [1.165, 1.54) is 0 Å². The minimum Gasteiger partial charge on any atom is -0.392 e. The number of nitrogens with zero attached hydrogens (tertiary/aromatic N) is 3. The smallest absolute Gasteiger partial charge is 0.239 e. The molecule has 0 aliphatic carbocycles. The number of carbonyl (C=O) groups excluding carboxylic acids is 1. The van der Waals surface area contributed by atoms with Gasteiger partial charge in [0.25, 0.3) is 0 Å². The molecule has 3 saturated heterocycles. The van der Waals surface area contributed by atoms with Gasteiger partial charge in [0.1, 0.15) is 0 Å². The predicted molar refractivity (Wildman–Crippen MR) is 114 cm³/mol. The van der Waals surface area contributed by atoms with Crippen molar-refractivity contribution in [2.45, 2.75) is 44.6 Å². The third-order valence-electron chi connectivity index (χ3n) is 5.45. The summed E-state index contributed by atoms with van der Waals surface area (Å²) in [5, 5.41) is 12.7. The highest BCUT2D eigenvalue weighted by molar-refractivity contribution is 5.86. The first-order valence-electron chi connectivity index (χ1n) is 9.31. The lowest BCUT2D eigenvalue weighted by atomic mass is 10.1. The molecule has 162 valence electrons. The molecule has 7 nitrogen and oxygen atoms in total. The highest BCUT2D eigenvalue weighted by atomic mass is 35.5. The van der Waals surface area contributed by atoms with Gasteiger partial charge in [-0.3, -0.25) is 14.6 Å². The lowest BCUT2D eigenvalue weighted by Crippen LogP contribution is -2.56. The van der Waals surface area contributed by atoms with E-state index in [0.29, 0.717) is 19.0 Å². The number of hydrogen-bond donors (Lipinski definition) is 2. The number of aliphatic hydroxyl groups is 1. The predicted octanol–water partition coefficient (Wildman–Crippen LogP) is 0.228. The summed E-state index contributed by atoms with van der Waals surface area (Å²) < 4.78 is 5.93. The van der Waals surface area contributed by atoms with Crippen LogP contribution in [0.15, 0.2) is 0 Å². The first kappa shape index (κ1) is 27.1. The van der Waals surface area contributed by atoms with E-state index in [1.54, 1.807) is 0 Å². The Morgan fingerprint density at radius 1 is 1.15 bits per heavy atom. The second kappa shape index (κ2) is 12.6. The maximum Gasteiger partial charge on any atom is 0.239 e. The topological polar surface area (TPSA) is 68.3 Å².